The molecule has 1 aromatic heterocycles. The van der Waals surface area contributed by atoms with Crippen LogP contribution in [-0.4, -0.2) is 34.2 Å². The highest BCUT2D eigenvalue weighted by molar-refractivity contribution is 8.13. The van der Waals surface area contributed by atoms with Gasteiger partial charge in [-0.05, 0) is 13.3 Å². The summed E-state index contributed by atoms with van der Waals surface area (Å²) in [6.45, 7) is 2.86. The Balaban J connectivity index is 2.03. The van der Waals surface area contributed by atoms with Crippen LogP contribution in [0.25, 0.3) is 0 Å². The van der Waals surface area contributed by atoms with Crippen molar-refractivity contribution in [1.82, 2.24) is 0 Å². The van der Waals surface area contributed by atoms with Crippen molar-refractivity contribution in [2.45, 2.75) is 18.2 Å². The highest BCUT2D eigenvalue weighted by Gasteiger charge is 2.24. The van der Waals surface area contributed by atoms with Crippen LogP contribution in [0.4, 0.5) is 0 Å². The van der Waals surface area contributed by atoms with Gasteiger partial charge in [0.25, 0.3) is 9.05 Å². The van der Waals surface area contributed by atoms with E-state index in [9.17, 15) is 13.2 Å². The van der Waals surface area contributed by atoms with Gasteiger partial charge in [-0.3, -0.25) is 0 Å². The van der Waals surface area contributed by atoms with Crippen LogP contribution in [0, 0.1) is 12.8 Å². The summed E-state index contributed by atoms with van der Waals surface area (Å²) in [5, 5.41) is 0. The van der Waals surface area contributed by atoms with Crippen LogP contribution in [0.2, 0.25) is 0 Å². The SMILES string of the molecule is Cc1oc(C(=O)OCC2CCOC2)cc1S(=O)(=O)Cl. The van der Waals surface area contributed by atoms with Crippen molar-refractivity contribution in [1.29, 1.82) is 0 Å². The molecule has 0 aromatic carbocycles. The molecule has 2 heterocycles. The van der Waals surface area contributed by atoms with E-state index >= 15 is 0 Å². The highest BCUT2D eigenvalue weighted by Crippen LogP contribution is 2.24. The zero-order valence-corrected chi connectivity index (χ0v) is 11.8. The number of hydrogen-bond donors (Lipinski definition) is 0. The first kappa shape index (κ1) is 14.4. The summed E-state index contributed by atoms with van der Waals surface area (Å²) in [6, 6.07) is 1.07. The molecular weight excluding hydrogens is 296 g/mol. The van der Waals surface area contributed by atoms with Gasteiger partial charge in [0.2, 0.25) is 5.76 Å². The van der Waals surface area contributed by atoms with Gasteiger partial charge in [0.05, 0.1) is 13.2 Å². The van der Waals surface area contributed by atoms with Crippen molar-refractivity contribution in [3.8, 4) is 0 Å². The standard InChI is InChI=1S/C11H13ClO6S/c1-7-10(19(12,14)15)4-9(18-7)11(13)17-6-8-2-3-16-5-8/h4,8H,2-3,5-6H2,1H3. The molecule has 1 unspecified atom stereocenters. The fourth-order valence-corrected chi connectivity index (χ4v) is 2.88. The number of carbonyl (C=O) groups is 1. The minimum atomic E-state index is -3.93. The van der Waals surface area contributed by atoms with Gasteiger partial charge in [0.1, 0.15) is 10.7 Å². The number of hydrogen-bond acceptors (Lipinski definition) is 6. The second kappa shape index (κ2) is 5.52. The zero-order valence-electron chi connectivity index (χ0n) is 10.2. The van der Waals surface area contributed by atoms with Crippen LogP contribution in [0.3, 0.4) is 0 Å². The molecule has 0 aliphatic carbocycles. The number of esters is 1. The zero-order chi connectivity index (χ0) is 14.0. The Bertz CT molecular complexity index is 570. The van der Waals surface area contributed by atoms with Crippen molar-refractivity contribution in [2.75, 3.05) is 19.8 Å². The van der Waals surface area contributed by atoms with E-state index in [1.165, 1.54) is 6.92 Å². The lowest BCUT2D eigenvalue weighted by Gasteiger charge is -2.07. The van der Waals surface area contributed by atoms with Gasteiger partial charge in [-0.2, -0.15) is 0 Å². The molecule has 0 N–H and O–H groups in total. The topological polar surface area (TPSA) is 82.8 Å². The van der Waals surface area contributed by atoms with E-state index in [0.717, 1.165) is 12.5 Å². The average Bonchev–Trinajstić information content (AvgIpc) is 2.93. The molecule has 2 rings (SSSR count). The summed E-state index contributed by atoms with van der Waals surface area (Å²) in [6.07, 6.45) is 0.839. The van der Waals surface area contributed by atoms with Crippen LogP contribution in [0.15, 0.2) is 15.4 Å². The third-order valence-corrected chi connectivity index (χ3v) is 4.24. The lowest BCUT2D eigenvalue weighted by molar-refractivity contribution is 0.0391. The first-order chi connectivity index (χ1) is 8.88. The van der Waals surface area contributed by atoms with Crippen molar-refractivity contribution in [3.05, 3.63) is 17.6 Å². The fourth-order valence-electron chi connectivity index (χ4n) is 1.79. The van der Waals surface area contributed by atoms with E-state index in [4.69, 9.17) is 24.6 Å². The number of aryl methyl sites for hydroxylation is 1. The molecule has 8 heteroatoms. The van der Waals surface area contributed by atoms with E-state index < -0.39 is 15.0 Å². The predicted molar refractivity (Wildman–Crippen MR) is 65.7 cm³/mol. The van der Waals surface area contributed by atoms with Crippen LogP contribution < -0.4 is 0 Å². The van der Waals surface area contributed by atoms with E-state index in [0.29, 0.717) is 13.2 Å². The van der Waals surface area contributed by atoms with Crippen LogP contribution in [0.5, 0.6) is 0 Å². The number of ether oxygens (including phenoxy) is 2. The van der Waals surface area contributed by atoms with Crippen LogP contribution in [-0.2, 0) is 18.5 Å². The van der Waals surface area contributed by atoms with Gasteiger partial charge in [-0.25, -0.2) is 13.2 Å². The molecule has 1 aromatic rings. The van der Waals surface area contributed by atoms with Crippen LogP contribution in [0.1, 0.15) is 22.7 Å². The summed E-state index contributed by atoms with van der Waals surface area (Å²) in [5.74, 6) is -0.639. The second-order valence-electron chi connectivity index (χ2n) is 4.30. The highest BCUT2D eigenvalue weighted by atomic mass is 35.7. The minimum absolute atomic E-state index is 0.0612. The summed E-state index contributed by atoms with van der Waals surface area (Å²) >= 11 is 0. The summed E-state index contributed by atoms with van der Waals surface area (Å²) in [7, 11) is 1.28. The molecule has 1 aliphatic rings. The quantitative estimate of drug-likeness (QED) is 0.622. The van der Waals surface area contributed by atoms with Crippen molar-refractivity contribution in [2.24, 2.45) is 5.92 Å². The molecule has 1 fully saturated rings. The monoisotopic (exact) mass is 308 g/mol. The van der Waals surface area contributed by atoms with E-state index in [1.807, 2.05) is 0 Å². The normalized spacial score (nSPS) is 19.6. The number of halogens is 1. The Kier molecular flexibility index (Phi) is 4.17. The van der Waals surface area contributed by atoms with Gasteiger partial charge in [-0.15, -0.1) is 0 Å². The summed E-state index contributed by atoms with van der Waals surface area (Å²) in [4.78, 5) is 11.5. The number of rotatable bonds is 4. The van der Waals surface area contributed by atoms with Gasteiger partial charge in [0, 0.05) is 29.3 Å². The summed E-state index contributed by atoms with van der Waals surface area (Å²) in [5.41, 5.74) is 0. The largest absolute Gasteiger partial charge is 0.459 e. The van der Waals surface area contributed by atoms with E-state index in [-0.39, 0.29) is 28.9 Å². The minimum Gasteiger partial charge on any atom is -0.459 e. The van der Waals surface area contributed by atoms with E-state index in [2.05, 4.69) is 0 Å². The number of carbonyl (C=O) groups excluding carboxylic acids is 1. The molecule has 1 atom stereocenters. The number of furan rings is 1. The van der Waals surface area contributed by atoms with Crippen molar-refractivity contribution < 1.29 is 27.1 Å². The molecule has 1 aliphatic heterocycles. The first-order valence-corrected chi connectivity index (χ1v) is 7.99. The molecule has 6 nitrogen and oxygen atoms in total. The molecule has 0 spiro atoms. The second-order valence-corrected chi connectivity index (χ2v) is 6.83. The van der Waals surface area contributed by atoms with Gasteiger partial charge in [0.15, 0.2) is 0 Å². The molecule has 0 amide bonds. The van der Waals surface area contributed by atoms with Gasteiger partial charge < -0.3 is 13.9 Å². The first-order valence-electron chi connectivity index (χ1n) is 5.68. The molecular formula is C11H13ClO6S. The molecule has 0 saturated carbocycles. The third-order valence-electron chi connectivity index (χ3n) is 2.81. The molecule has 0 radical (unpaired) electrons. The van der Waals surface area contributed by atoms with Crippen molar-refractivity contribution >= 4 is 25.7 Å². The Morgan fingerprint density at radius 3 is 2.84 bits per heavy atom. The molecule has 19 heavy (non-hydrogen) atoms. The lowest BCUT2D eigenvalue weighted by Crippen LogP contribution is -2.13. The van der Waals surface area contributed by atoms with Crippen LogP contribution >= 0.6 is 10.7 Å². The molecule has 0 bridgehead atoms. The van der Waals surface area contributed by atoms with Gasteiger partial charge in [-0.1, -0.05) is 0 Å². The molecule has 106 valence electrons. The lowest BCUT2D eigenvalue weighted by atomic mass is 10.1. The van der Waals surface area contributed by atoms with Crippen molar-refractivity contribution in [3.63, 3.8) is 0 Å². The van der Waals surface area contributed by atoms with E-state index in [1.54, 1.807) is 0 Å². The maximum absolute atomic E-state index is 11.7. The maximum Gasteiger partial charge on any atom is 0.374 e. The fraction of sp³-hybridized carbons (Fsp3) is 0.545. The Morgan fingerprint density at radius 2 is 2.32 bits per heavy atom. The smallest absolute Gasteiger partial charge is 0.374 e. The van der Waals surface area contributed by atoms with Gasteiger partial charge >= 0.3 is 5.97 Å². The molecule has 1 saturated heterocycles. The Morgan fingerprint density at radius 1 is 1.58 bits per heavy atom. The average molecular weight is 309 g/mol. The predicted octanol–water partition coefficient (Wildman–Crippen LogP) is 1.71. The summed E-state index contributed by atoms with van der Waals surface area (Å²) < 4.78 is 37.6. The third kappa shape index (κ3) is 3.49. The Hall–Kier alpha value is -1.05. The maximum atomic E-state index is 11.7. The Labute approximate surface area is 115 Å².